The van der Waals surface area contributed by atoms with E-state index in [-0.39, 0.29) is 0 Å². The second kappa shape index (κ2) is 4.01. The summed E-state index contributed by atoms with van der Waals surface area (Å²) in [4.78, 5) is 0. The topological polar surface area (TPSA) is 80.9 Å². The van der Waals surface area contributed by atoms with Crippen molar-refractivity contribution in [2.24, 2.45) is 0 Å². The Kier molecular flexibility index (Phi) is 5.71. The molecule has 0 aliphatic rings. The highest BCUT2D eigenvalue weighted by Gasteiger charge is 2.07. The Balaban J connectivity index is 0. The van der Waals surface area contributed by atoms with Crippen molar-refractivity contribution in [1.82, 2.24) is 0 Å². The molecule has 4 heteroatoms. The van der Waals surface area contributed by atoms with Crippen molar-refractivity contribution in [2.75, 3.05) is 0 Å². The van der Waals surface area contributed by atoms with Gasteiger partial charge in [-0.1, -0.05) is 13.8 Å². The van der Waals surface area contributed by atoms with Gasteiger partial charge in [-0.25, -0.2) is 0 Å². The standard InChI is InChI=1S/C2H6.CH4O4/c1-2;2-1(3,4)5/h1-2H3;2-5H. The Hall–Kier alpha value is -0.160. The number of hydrogen-bond donors (Lipinski definition) is 4. The summed E-state index contributed by atoms with van der Waals surface area (Å²) in [6.07, 6.45) is -3.50. The van der Waals surface area contributed by atoms with Crippen LogP contribution in [0.1, 0.15) is 13.8 Å². The van der Waals surface area contributed by atoms with E-state index in [9.17, 15) is 0 Å². The van der Waals surface area contributed by atoms with Gasteiger partial charge >= 0.3 is 6.16 Å². The van der Waals surface area contributed by atoms with E-state index in [0.717, 1.165) is 0 Å². The van der Waals surface area contributed by atoms with Crippen molar-refractivity contribution in [3.63, 3.8) is 0 Å². The van der Waals surface area contributed by atoms with E-state index in [1.165, 1.54) is 0 Å². The monoisotopic (exact) mass is 110 g/mol. The molecule has 0 atom stereocenters. The SMILES string of the molecule is CC.OC(O)(O)O. The van der Waals surface area contributed by atoms with Crippen LogP contribution in [-0.4, -0.2) is 26.6 Å². The molecule has 0 rings (SSSR count). The molecule has 0 bridgehead atoms. The van der Waals surface area contributed by atoms with Crippen LogP contribution in [0.3, 0.4) is 0 Å². The highest BCUT2D eigenvalue weighted by molar-refractivity contribution is 3.99. The molecule has 46 valence electrons. The van der Waals surface area contributed by atoms with Gasteiger partial charge in [-0.15, -0.1) is 0 Å². The van der Waals surface area contributed by atoms with Gasteiger partial charge in [-0.05, 0) is 0 Å². The predicted octanol–water partition coefficient (Wildman–Crippen LogP) is -1.41. The maximum Gasteiger partial charge on any atom is 0.402 e. The maximum absolute atomic E-state index is 7.19. The van der Waals surface area contributed by atoms with Crippen LogP contribution in [0.15, 0.2) is 0 Å². The van der Waals surface area contributed by atoms with Crippen molar-refractivity contribution < 1.29 is 20.4 Å². The number of rotatable bonds is 0. The van der Waals surface area contributed by atoms with E-state index in [1.807, 2.05) is 13.8 Å². The molecule has 0 aromatic heterocycles. The number of hydrogen-bond acceptors (Lipinski definition) is 4. The minimum Gasteiger partial charge on any atom is -0.319 e. The summed E-state index contributed by atoms with van der Waals surface area (Å²) in [6.45, 7) is 4.00. The van der Waals surface area contributed by atoms with Crippen molar-refractivity contribution in [1.29, 1.82) is 0 Å². The molecular weight excluding hydrogens is 100 g/mol. The molecule has 7 heavy (non-hydrogen) atoms. The Morgan fingerprint density at radius 3 is 0.857 bits per heavy atom. The average molecular weight is 110 g/mol. The maximum atomic E-state index is 7.19. The Bertz CT molecular complexity index is 22.4. The van der Waals surface area contributed by atoms with E-state index in [4.69, 9.17) is 20.4 Å². The molecule has 0 aromatic carbocycles. The van der Waals surface area contributed by atoms with E-state index in [2.05, 4.69) is 0 Å². The zero-order valence-electron chi connectivity index (χ0n) is 4.29. The van der Waals surface area contributed by atoms with Crippen LogP contribution in [0.4, 0.5) is 0 Å². The van der Waals surface area contributed by atoms with E-state index in [0.29, 0.717) is 0 Å². The number of aliphatic hydroxyl groups is 4. The average Bonchev–Trinajstić information content (AvgIpc) is 1.36. The van der Waals surface area contributed by atoms with Crippen LogP contribution in [0, 0.1) is 0 Å². The third-order valence-corrected chi connectivity index (χ3v) is 0. The van der Waals surface area contributed by atoms with Crippen molar-refractivity contribution >= 4 is 0 Å². The molecule has 0 saturated heterocycles. The minimum atomic E-state index is -3.50. The van der Waals surface area contributed by atoms with Gasteiger partial charge in [0.2, 0.25) is 0 Å². The molecular formula is C3H10O4. The summed E-state index contributed by atoms with van der Waals surface area (Å²) in [5.41, 5.74) is 0. The zero-order chi connectivity index (χ0) is 6.50. The smallest absolute Gasteiger partial charge is 0.319 e. The summed E-state index contributed by atoms with van der Waals surface area (Å²) >= 11 is 0. The van der Waals surface area contributed by atoms with Crippen LogP contribution in [0.5, 0.6) is 0 Å². The van der Waals surface area contributed by atoms with Gasteiger partial charge in [-0.2, -0.15) is 0 Å². The summed E-state index contributed by atoms with van der Waals surface area (Å²) < 4.78 is 0. The van der Waals surface area contributed by atoms with Gasteiger partial charge in [0.1, 0.15) is 0 Å². The molecule has 0 radical (unpaired) electrons. The lowest BCUT2D eigenvalue weighted by Gasteiger charge is -1.99. The molecule has 4 nitrogen and oxygen atoms in total. The highest BCUT2D eigenvalue weighted by Crippen LogP contribution is 1.75. The normalized spacial score (nSPS) is 9.43. The fourth-order valence-corrected chi connectivity index (χ4v) is 0. The van der Waals surface area contributed by atoms with Gasteiger partial charge in [-0.3, -0.25) is 0 Å². The molecule has 0 saturated carbocycles. The Morgan fingerprint density at radius 2 is 0.857 bits per heavy atom. The minimum absolute atomic E-state index is 2.00. The Labute approximate surface area is 41.7 Å². The lowest BCUT2D eigenvalue weighted by molar-refractivity contribution is -0.436. The van der Waals surface area contributed by atoms with Crippen LogP contribution < -0.4 is 0 Å². The van der Waals surface area contributed by atoms with Crippen LogP contribution in [0.25, 0.3) is 0 Å². The molecule has 0 heterocycles. The zero-order valence-corrected chi connectivity index (χ0v) is 4.29. The summed E-state index contributed by atoms with van der Waals surface area (Å²) in [5, 5.41) is 28.8. The molecule has 0 aromatic rings. The van der Waals surface area contributed by atoms with Crippen LogP contribution in [0.2, 0.25) is 0 Å². The molecule has 4 N–H and O–H groups in total. The first-order chi connectivity index (χ1) is 3.00. The van der Waals surface area contributed by atoms with Crippen LogP contribution >= 0.6 is 0 Å². The molecule has 0 fully saturated rings. The lowest BCUT2D eigenvalue weighted by Crippen LogP contribution is -2.25. The van der Waals surface area contributed by atoms with E-state index in [1.54, 1.807) is 0 Å². The van der Waals surface area contributed by atoms with Gasteiger partial charge < -0.3 is 20.4 Å². The highest BCUT2D eigenvalue weighted by atomic mass is 16.8. The van der Waals surface area contributed by atoms with Gasteiger partial charge in [0.25, 0.3) is 0 Å². The first-order valence-corrected chi connectivity index (χ1v) is 1.89. The van der Waals surface area contributed by atoms with Gasteiger partial charge in [0.15, 0.2) is 0 Å². The second-order valence-corrected chi connectivity index (χ2v) is 0.600. The summed E-state index contributed by atoms with van der Waals surface area (Å²) in [5.74, 6) is 0. The third kappa shape index (κ3) is 3360. The molecule has 0 unspecified atom stereocenters. The first-order valence-electron chi connectivity index (χ1n) is 1.89. The molecule has 0 aliphatic heterocycles. The predicted molar refractivity (Wildman–Crippen MR) is 23.0 cm³/mol. The van der Waals surface area contributed by atoms with Gasteiger partial charge in [0.05, 0.1) is 0 Å². The summed E-state index contributed by atoms with van der Waals surface area (Å²) in [6, 6.07) is 0. The second-order valence-electron chi connectivity index (χ2n) is 0.600. The third-order valence-electron chi connectivity index (χ3n) is 0. The molecule has 0 spiro atoms. The van der Waals surface area contributed by atoms with Crippen molar-refractivity contribution in [2.45, 2.75) is 20.0 Å². The summed E-state index contributed by atoms with van der Waals surface area (Å²) in [7, 11) is 0. The fourth-order valence-electron chi connectivity index (χ4n) is 0. The van der Waals surface area contributed by atoms with Crippen LogP contribution in [-0.2, 0) is 0 Å². The van der Waals surface area contributed by atoms with Crippen molar-refractivity contribution in [3.05, 3.63) is 0 Å². The molecule has 0 aliphatic carbocycles. The quantitative estimate of drug-likeness (QED) is 0.289. The van der Waals surface area contributed by atoms with E-state index >= 15 is 0 Å². The largest absolute Gasteiger partial charge is 0.402 e. The Morgan fingerprint density at radius 1 is 0.857 bits per heavy atom. The van der Waals surface area contributed by atoms with Crippen molar-refractivity contribution in [3.8, 4) is 0 Å². The first kappa shape index (κ1) is 9.96. The lowest BCUT2D eigenvalue weighted by atomic mass is 11.0. The van der Waals surface area contributed by atoms with Gasteiger partial charge in [0, 0.05) is 0 Å². The van der Waals surface area contributed by atoms with E-state index < -0.39 is 6.16 Å². The molecule has 0 amide bonds. The fraction of sp³-hybridized carbons (Fsp3) is 1.00.